The third kappa shape index (κ3) is 5.62. The highest BCUT2D eigenvalue weighted by Crippen LogP contribution is 2.63. The molecule has 5 atom stereocenters. The second kappa shape index (κ2) is 9.07. The topological polar surface area (TPSA) is 112 Å². The molecular weight excluding hydrogens is 346 g/mol. The van der Waals surface area contributed by atoms with E-state index in [2.05, 4.69) is 0 Å². The number of ether oxygens (including phenoxy) is 1. The number of rotatable bonds is 10. The molecule has 1 aliphatic heterocycles. The van der Waals surface area contributed by atoms with Crippen LogP contribution in [-0.4, -0.2) is 67.5 Å². The minimum absolute atomic E-state index is 0.0580. The Kier molecular flexibility index (Phi) is 8.38. The first kappa shape index (κ1) is 21.3. The first-order chi connectivity index (χ1) is 10.7. The fourth-order valence-corrected chi connectivity index (χ4v) is 7.91. The molecule has 23 heavy (non-hydrogen) atoms. The highest BCUT2D eigenvalue weighted by Gasteiger charge is 2.43. The number of aliphatic hydroxyl groups excluding tert-OH is 2. The zero-order chi connectivity index (χ0) is 17.7. The first-order valence-corrected chi connectivity index (χ1v) is 11.4. The number of hydrogen-bond donors (Lipinski definition) is 2. The van der Waals surface area contributed by atoms with Crippen molar-refractivity contribution in [3.8, 4) is 0 Å². The molecule has 1 aliphatic rings. The van der Waals surface area contributed by atoms with Gasteiger partial charge in [0.05, 0.1) is 18.8 Å². The highest BCUT2D eigenvalue weighted by molar-refractivity contribution is 7.73. The van der Waals surface area contributed by atoms with Crippen molar-refractivity contribution in [2.45, 2.75) is 51.1 Å². The molecule has 0 aliphatic carbocycles. The third-order valence-electron chi connectivity index (χ3n) is 3.93. The molecule has 3 unspecified atom stereocenters. The van der Waals surface area contributed by atoms with E-state index < -0.39 is 39.4 Å². The van der Waals surface area contributed by atoms with E-state index >= 15 is 0 Å². The summed E-state index contributed by atoms with van der Waals surface area (Å²) in [5.74, 6) is -0.330. The number of hydrogen-bond acceptors (Lipinski definition) is 8. The normalized spacial score (nSPS) is 31.2. The maximum absolute atomic E-state index is 12.9. The molecule has 138 valence electrons. The highest BCUT2D eigenvalue weighted by atomic mass is 31.2. The van der Waals surface area contributed by atoms with Crippen molar-refractivity contribution in [1.82, 2.24) is 0 Å². The molecule has 0 amide bonds. The molecule has 0 aromatic carbocycles. The first-order valence-electron chi connectivity index (χ1n) is 7.69. The molecule has 1 rings (SSSR count). The largest absolute Gasteiger partial charge is 0.388 e. The molecule has 0 aromatic rings. The summed E-state index contributed by atoms with van der Waals surface area (Å²) in [6, 6.07) is 0. The summed E-state index contributed by atoms with van der Waals surface area (Å²) in [4.78, 5) is 0. The zero-order valence-corrected chi connectivity index (χ0v) is 15.9. The molecule has 8 nitrogen and oxygen atoms in total. The third-order valence-corrected chi connectivity index (χ3v) is 9.82. The van der Waals surface area contributed by atoms with Crippen molar-refractivity contribution in [3.63, 3.8) is 0 Å². The Balaban J connectivity index is 2.73. The van der Waals surface area contributed by atoms with E-state index in [-0.39, 0.29) is 25.1 Å². The average molecular weight is 374 g/mol. The van der Waals surface area contributed by atoms with E-state index in [0.29, 0.717) is 6.42 Å². The standard InChI is InChI=1S/C13H28O8P2/c1-5-10-12(14)13(15)11(21-10)7-8-22(16,20-6-2)9-23(17,18-3)19-4/h10-15H,5-9H2,1-4H3/t10-,11+,12?,13?,22?/m0/s1. The summed E-state index contributed by atoms with van der Waals surface area (Å²) in [7, 11) is -4.31. The van der Waals surface area contributed by atoms with Crippen LogP contribution >= 0.6 is 15.0 Å². The van der Waals surface area contributed by atoms with Gasteiger partial charge in [-0.3, -0.25) is 9.13 Å². The van der Waals surface area contributed by atoms with Crippen LogP contribution in [0.15, 0.2) is 0 Å². The lowest BCUT2D eigenvalue weighted by atomic mass is 10.1. The summed E-state index contributed by atoms with van der Waals surface area (Å²) in [5, 5.41) is 19.9. The van der Waals surface area contributed by atoms with Crippen LogP contribution in [0.3, 0.4) is 0 Å². The molecule has 0 bridgehead atoms. The van der Waals surface area contributed by atoms with E-state index in [1.54, 1.807) is 6.92 Å². The van der Waals surface area contributed by atoms with Crippen molar-refractivity contribution in [1.29, 1.82) is 0 Å². The van der Waals surface area contributed by atoms with Crippen LogP contribution in [0.2, 0.25) is 0 Å². The molecule has 2 N–H and O–H groups in total. The minimum Gasteiger partial charge on any atom is -0.388 e. The van der Waals surface area contributed by atoms with Gasteiger partial charge in [-0.2, -0.15) is 0 Å². The van der Waals surface area contributed by atoms with Crippen LogP contribution in [0.4, 0.5) is 0 Å². The fraction of sp³-hybridized carbons (Fsp3) is 1.00. The van der Waals surface area contributed by atoms with Crippen molar-refractivity contribution in [2.24, 2.45) is 0 Å². The van der Waals surface area contributed by atoms with Gasteiger partial charge in [-0.1, -0.05) is 6.92 Å². The van der Waals surface area contributed by atoms with Gasteiger partial charge < -0.3 is 28.5 Å². The van der Waals surface area contributed by atoms with Crippen LogP contribution < -0.4 is 0 Å². The lowest BCUT2D eigenvalue weighted by Gasteiger charge is -2.23. The lowest BCUT2D eigenvalue weighted by Crippen LogP contribution is -2.32. The fourth-order valence-electron chi connectivity index (χ4n) is 2.59. The maximum Gasteiger partial charge on any atom is 0.339 e. The Hall–Kier alpha value is 0.220. The van der Waals surface area contributed by atoms with Gasteiger partial charge in [-0.05, 0) is 19.8 Å². The van der Waals surface area contributed by atoms with Crippen LogP contribution in [0.25, 0.3) is 0 Å². The van der Waals surface area contributed by atoms with E-state index in [9.17, 15) is 19.3 Å². The van der Waals surface area contributed by atoms with Crippen molar-refractivity contribution in [3.05, 3.63) is 0 Å². The van der Waals surface area contributed by atoms with Crippen molar-refractivity contribution < 1.29 is 37.7 Å². The molecular formula is C13H28O8P2. The molecule has 1 heterocycles. The Morgan fingerprint density at radius 1 is 1.04 bits per heavy atom. The molecule has 0 spiro atoms. The summed E-state index contributed by atoms with van der Waals surface area (Å²) in [6.45, 7) is 3.73. The van der Waals surface area contributed by atoms with Gasteiger partial charge in [-0.25, -0.2) is 0 Å². The van der Waals surface area contributed by atoms with E-state index in [0.717, 1.165) is 0 Å². The monoisotopic (exact) mass is 374 g/mol. The second-order valence-corrected chi connectivity index (χ2v) is 10.9. The lowest BCUT2D eigenvalue weighted by molar-refractivity contribution is 0.00528. The van der Waals surface area contributed by atoms with Crippen molar-refractivity contribution in [2.75, 3.05) is 32.9 Å². The summed E-state index contributed by atoms with van der Waals surface area (Å²) >= 11 is 0. The molecule has 0 radical (unpaired) electrons. The average Bonchev–Trinajstić information content (AvgIpc) is 2.80. The van der Waals surface area contributed by atoms with Gasteiger partial charge in [0.2, 0.25) is 7.37 Å². The van der Waals surface area contributed by atoms with Crippen LogP contribution in [-0.2, 0) is 27.4 Å². The molecule has 1 fully saturated rings. The van der Waals surface area contributed by atoms with E-state index in [1.165, 1.54) is 14.2 Å². The van der Waals surface area contributed by atoms with Gasteiger partial charge >= 0.3 is 7.60 Å². The smallest absolute Gasteiger partial charge is 0.339 e. The Bertz CT molecular complexity index is 449. The summed E-state index contributed by atoms with van der Waals surface area (Å²) in [6.07, 6.45) is -2.21. The molecule has 0 aromatic heterocycles. The van der Waals surface area contributed by atoms with Crippen LogP contribution in [0.5, 0.6) is 0 Å². The minimum atomic E-state index is -3.48. The Labute approximate surface area is 137 Å². The van der Waals surface area contributed by atoms with Gasteiger partial charge in [0.25, 0.3) is 0 Å². The van der Waals surface area contributed by atoms with Crippen LogP contribution in [0.1, 0.15) is 26.7 Å². The van der Waals surface area contributed by atoms with Crippen molar-refractivity contribution >= 4 is 15.0 Å². The van der Waals surface area contributed by atoms with Crippen LogP contribution in [0, 0.1) is 0 Å². The molecule has 0 saturated carbocycles. The molecule has 10 heteroatoms. The SMILES string of the molecule is CCOP(=O)(CC[C@H]1O[C@@H](CC)C(O)C1O)CP(=O)(OC)OC. The Morgan fingerprint density at radius 2 is 1.61 bits per heavy atom. The second-order valence-electron chi connectivity index (χ2n) is 5.46. The maximum atomic E-state index is 12.9. The quantitative estimate of drug-likeness (QED) is 0.559. The van der Waals surface area contributed by atoms with Gasteiger partial charge in [0.1, 0.15) is 18.1 Å². The predicted molar refractivity (Wildman–Crippen MR) is 86.2 cm³/mol. The summed E-state index contributed by atoms with van der Waals surface area (Å²) in [5.41, 5.74) is 0. The van der Waals surface area contributed by atoms with E-state index in [1.807, 2.05) is 6.92 Å². The predicted octanol–water partition coefficient (Wildman–Crippen LogP) is 2.03. The van der Waals surface area contributed by atoms with E-state index in [4.69, 9.17) is 18.3 Å². The van der Waals surface area contributed by atoms with Gasteiger partial charge in [-0.15, -0.1) is 0 Å². The number of aliphatic hydroxyl groups is 2. The summed E-state index contributed by atoms with van der Waals surface area (Å²) < 4.78 is 45.7. The Morgan fingerprint density at radius 3 is 2.04 bits per heavy atom. The van der Waals surface area contributed by atoms with Gasteiger partial charge in [0, 0.05) is 20.4 Å². The van der Waals surface area contributed by atoms with Gasteiger partial charge in [0.15, 0.2) is 0 Å². The zero-order valence-electron chi connectivity index (χ0n) is 14.1. The molecule has 1 saturated heterocycles.